The van der Waals surface area contributed by atoms with Crippen LogP contribution in [0, 0.1) is 0 Å². The van der Waals surface area contributed by atoms with E-state index in [1.807, 2.05) is 0 Å². The minimum absolute atomic E-state index is 0.198. The van der Waals surface area contributed by atoms with Crippen LogP contribution in [0.3, 0.4) is 0 Å². The zero-order valence-corrected chi connectivity index (χ0v) is 17.5. The number of hydrogen-bond donors (Lipinski definition) is 1. The third kappa shape index (κ3) is 5.77. The number of carbonyl (C=O) groups excluding carboxylic acids is 1. The molecule has 0 saturated carbocycles. The van der Waals surface area contributed by atoms with Gasteiger partial charge in [0.1, 0.15) is 24.1 Å². The zero-order valence-electron chi connectivity index (χ0n) is 15.9. The first kappa shape index (κ1) is 21.8. The highest BCUT2D eigenvalue weighted by Gasteiger charge is 2.28. The van der Waals surface area contributed by atoms with Crippen molar-refractivity contribution in [2.75, 3.05) is 30.8 Å². The number of nitrogens with one attached hydrogen (secondary N) is 1. The van der Waals surface area contributed by atoms with Crippen LogP contribution in [0.5, 0.6) is 11.5 Å². The Morgan fingerprint density at radius 1 is 1.18 bits per heavy atom. The van der Waals surface area contributed by atoms with Crippen LogP contribution in [0.15, 0.2) is 48.5 Å². The van der Waals surface area contributed by atoms with E-state index in [1.165, 1.54) is 14.0 Å². The topological polar surface area (TPSA) is 84.9 Å². The van der Waals surface area contributed by atoms with Crippen LogP contribution in [-0.2, 0) is 14.8 Å². The average Bonchev–Trinajstić information content (AvgIpc) is 2.66. The fourth-order valence-electron chi connectivity index (χ4n) is 2.58. The lowest BCUT2D eigenvalue weighted by molar-refractivity contribution is -0.121. The summed E-state index contributed by atoms with van der Waals surface area (Å²) in [5, 5.41) is 3.16. The van der Waals surface area contributed by atoms with E-state index in [-0.39, 0.29) is 13.2 Å². The van der Waals surface area contributed by atoms with Crippen LogP contribution < -0.4 is 19.1 Å². The maximum atomic E-state index is 12.5. The number of hydrogen-bond acceptors (Lipinski definition) is 5. The van der Waals surface area contributed by atoms with Crippen LogP contribution in [-0.4, -0.2) is 46.9 Å². The van der Waals surface area contributed by atoms with Crippen molar-refractivity contribution in [3.8, 4) is 11.5 Å². The van der Waals surface area contributed by atoms with Gasteiger partial charge in [0.15, 0.2) is 0 Å². The Balaban J connectivity index is 2.00. The normalized spacial score (nSPS) is 12.1. The van der Waals surface area contributed by atoms with Gasteiger partial charge in [0, 0.05) is 0 Å². The number of sulfonamides is 1. The minimum atomic E-state index is -3.68. The van der Waals surface area contributed by atoms with Crippen molar-refractivity contribution < 1.29 is 22.7 Å². The van der Waals surface area contributed by atoms with E-state index in [0.29, 0.717) is 22.2 Å². The molecule has 9 heteroatoms. The van der Waals surface area contributed by atoms with Crippen LogP contribution in [0.2, 0.25) is 5.02 Å². The van der Waals surface area contributed by atoms with E-state index in [9.17, 15) is 13.2 Å². The highest BCUT2D eigenvalue weighted by molar-refractivity contribution is 7.92. The van der Waals surface area contributed by atoms with Gasteiger partial charge >= 0.3 is 0 Å². The van der Waals surface area contributed by atoms with Crippen LogP contribution in [0.25, 0.3) is 0 Å². The van der Waals surface area contributed by atoms with E-state index < -0.39 is 22.0 Å². The molecule has 0 saturated heterocycles. The van der Waals surface area contributed by atoms with Gasteiger partial charge < -0.3 is 14.8 Å². The molecule has 1 atom stereocenters. The van der Waals surface area contributed by atoms with Crippen molar-refractivity contribution in [3.63, 3.8) is 0 Å². The third-order valence-corrected chi connectivity index (χ3v) is 5.46. The predicted molar refractivity (Wildman–Crippen MR) is 110 cm³/mol. The molecular formula is C19H23ClN2O5S. The fourth-order valence-corrected chi connectivity index (χ4v) is 3.95. The predicted octanol–water partition coefficient (Wildman–Crippen LogP) is 2.70. The maximum Gasteiger partial charge on any atom is 0.243 e. The Hall–Kier alpha value is -2.45. The maximum absolute atomic E-state index is 12.5. The van der Waals surface area contributed by atoms with Crippen molar-refractivity contribution in [3.05, 3.63) is 53.6 Å². The lowest BCUT2D eigenvalue weighted by atomic mass is 10.2. The molecule has 0 unspecified atom stereocenters. The fraction of sp³-hybridized carbons (Fsp3) is 0.316. The van der Waals surface area contributed by atoms with Crippen LogP contribution in [0.1, 0.15) is 6.92 Å². The molecule has 0 spiro atoms. The highest BCUT2D eigenvalue weighted by atomic mass is 35.5. The SMILES string of the molecule is COc1ccc(N([C@H](C)C(=O)NCCOc2ccccc2Cl)S(C)(=O)=O)cc1. The average molecular weight is 427 g/mol. The first-order chi connectivity index (χ1) is 13.2. The molecule has 0 fully saturated rings. The number of rotatable bonds is 9. The Morgan fingerprint density at radius 2 is 1.82 bits per heavy atom. The molecule has 0 aliphatic rings. The molecule has 2 aromatic carbocycles. The van der Waals surface area contributed by atoms with Gasteiger partial charge in [-0.05, 0) is 43.3 Å². The molecule has 1 amide bonds. The van der Waals surface area contributed by atoms with Gasteiger partial charge in [0.25, 0.3) is 0 Å². The number of carbonyl (C=O) groups is 1. The van der Waals surface area contributed by atoms with E-state index in [1.54, 1.807) is 48.5 Å². The molecule has 1 N–H and O–H groups in total. The first-order valence-corrected chi connectivity index (χ1v) is 10.7. The number of methoxy groups -OCH3 is 1. The smallest absolute Gasteiger partial charge is 0.243 e. The standard InChI is InChI=1S/C19H23ClN2O5S/c1-14(19(23)21-12-13-27-18-7-5-4-6-17(18)20)22(28(3,24)25)15-8-10-16(26-2)11-9-15/h4-11,14H,12-13H2,1-3H3,(H,21,23)/t14-/m1/s1. The summed E-state index contributed by atoms with van der Waals surface area (Å²) in [5.74, 6) is 0.664. The van der Waals surface area contributed by atoms with E-state index in [4.69, 9.17) is 21.1 Å². The third-order valence-electron chi connectivity index (χ3n) is 3.91. The molecule has 28 heavy (non-hydrogen) atoms. The Bertz CT molecular complexity index is 903. The van der Waals surface area contributed by atoms with Gasteiger partial charge in [0.2, 0.25) is 15.9 Å². The van der Waals surface area contributed by atoms with Crippen LogP contribution >= 0.6 is 11.6 Å². The number of halogens is 1. The Labute approximate surface area is 170 Å². The number of para-hydroxylation sites is 1. The summed E-state index contributed by atoms with van der Waals surface area (Å²) < 4.78 is 36.2. The van der Waals surface area contributed by atoms with Crippen molar-refractivity contribution in [1.82, 2.24) is 5.32 Å². The molecule has 0 heterocycles. The molecule has 2 aromatic rings. The molecule has 0 aliphatic heterocycles. The number of benzene rings is 2. The summed E-state index contributed by atoms with van der Waals surface area (Å²) in [5.41, 5.74) is 0.373. The lowest BCUT2D eigenvalue weighted by Crippen LogP contribution is -2.48. The van der Waals surface area contributed by atoms with E-state index in [2.05, 4.69) is 5.32 Å². The molecule has 0 aromatic heterocycles. The summed E-state index contributed by atoms with van der Waals surface area (Å²) in [6.07, 6.45) is 1.06. The van der Waals surface area contributed by atoms with Gasteiger partial charge in [-0.3, -0.25) is 9.10 Å². The molecule has 152 valence electrons. The Kier molecular flexibility index (Phi) is 7.53. The summed E-state index contributed by atoms with van der Waals surface area (Å²) in [6.45, 7) is 1.92. The number of nitrogens with zero attached hydrogens (tertiary/aromatic N) is 1. The van der Waals surface area contributed by atoms with Crippen molar-refractivity contribution in [2.45, 2.75) is 13.0 Å². The number of amides is 1. The van der Waals surface area contributed by atoms with Crippen molar-refractivity contribution in [2.24, 2.45) is 0 Å². The number of ether oxygens (including phenoxy) is 2. The molecule has 0 radical (unpaired) electrons. The van der Waals surface area contributed by atoms with Crippen molar-refractivity contribution >= 4 is 33.2 Å². The van der Waals surface area contributed by atoms with Crippen LogP contribution in [0.4, 0.5) is 5.69 Å². The zero-order chi connectivity index (χ0) is 20.7. The van der Waals surface area contributed by atoms with Gasteiger partial charge in [-0.25, -0.2) is 8.42 Å². The number of anilines is 1. The monoisotopic (exact) mass is 426 g/mol. The second kappa shape index (κ2) is 9.66. The quantitative estimate of drug-likeness (QED) is 0.623. The summed E-state index contributed by atoms with van der Waals surface area (Å²) in [6, 6.07) is 12.5. The van der Waals surface area contributed by atoms with E-state index in [0.717, 1.165) is 10.6 Å². The molecule has 0 aliphatic carbocycles. The lowest BCUT2D eigenvalue weighted by Gasteiger charge is -2.28. The molecule has 0 bridgehead atoms. The van der Waals surface area contributed by atoms with Gasteiger partial charge in [-0.15, -0.1) is 0 Å². The summed E-state index contributed by atoms with van der Waals surface area (Å²) in [4.78, 5) is 12.5. The largest absolute Gasteiger partial charge is 0.497 e. The summed E-state index contributed by atoms with van der Waals surface area (Å²) in [7, 11) is -2.16. The molecule has 2 rings (SSSR count). The van der Waals surface area contributed by atoms with Gasteiger partial charge in [0.05, 0.1) is 30.6 Å². The second-order valence-electron chi connectivity index (χ2n) is 6.00. The molecular weight excluding hydrogens is 404 g/mol. The first-order valence-electron chi connectivity index (χ1n) is 8.52. The van der Waals surface area contributed by atoms with Crippen molar-refractivity contribution in [1.29, 1.82) is 0 Å². The molecule has 7 nitrogen and oxygen atoms in total. The summed E-state index contributed by atoms with van der Waals surface area (Å²) >= 11 is 6.00. The van der Waals surface area contributed by atoms with Gasteiger partial charge in [-0.2, -0.15) is 0 Å². The van der Waals surface area contributed by atoms with Gasteiger partial charge in [-0.1, -0.05) is 23.7 Å². The highest BCUT2D eigenvalue weighted by Crippen LogP contribution is 2.24. The minimum Gasteiger partial charge on any atom is -0.497 e. The second-order valence-corrected chi connectivity index (χ2v) is 8.27. The Morgan fingerprint density at radius 3 is 2.39 bits per heavy atom. The van der Waals surface area contributed by atoms with E-state index >= 15 is 0 Å².